The van der Waals surface area contributed by atoms with E-state index in [0.717, 1.165) is 31.2 Å². The van der Waals surface area contributed by atoms with Crippen LogP contribution < -0.4 is 10.5 Å². The molecule has 1 saturated carbocycles. The Bertz CT molecular complexity index is 620. The maximum Gasteiger partial charge on any atom is 0.242 e. The molecule has 0 saturated heterocycles. The lowest BCUT2D eigenvalue weighted by molar-refractivity contribution is 0.134. The summed E-state index contributed by atoms with van der Waals surface area (Å²) in [4.78, 5) is 0.161. The number of aliphatic hydroxyl groups excluding tert-OH is 1. The van der Waals surface area contributed by atoms with E-state index < -0.39 is 10.0 Å². The Morgan fingerprint density at radius 2 is 1.90 bits per heavy atom. The Labute approximate surface area is 126 Å². The third kappa shape index (κ3) is 3.22. The molecule has 6 heteroatoms. The molecular formula is C15H24N2O3S. The van der Waals surface area contributed by atoms with Gasteiger partial charge in [-0.3, -0.25) is 0 Å². The number of sulfonamides is 1. The summed E-state index contributed by atoms with van der Waals surface area (Å²) in [5.74, 6) is 0. The molecule has 0 aromatic heterocycles. The average Bonchev–Trinajstić information content (AvgIpc) is 2.91. The first-order valence-electron chi connectivity index (χ1n) is 7.27. The van der Waals surface area contributed by atoms with Crippen molar-refractivity contribution in [1.82, 2.24) is 4.72 Å². The molecule has 0 heterocycles. The molecule has 0 aliphatic heterocycles. The summed E-state index contributed by atoms with van der Waals surface area (Å²) in [6.07, 6.45) is 3.78. The number of nitrogens with one attached hydrogen (secondary N) is 1. The van der Waals surface area contributed by atoms with Gasteiger partial charge >= 0.3 is 0 Å². The Balaban J connectivity index is 2.25. The minimum atomic E-state index is -3.67. The van der Waals surface area contributed by atoms with Crippen molar-refractivity contribution in [3.05, 3.63) is 23.3 Å². The van der Waals surface area contributed by atoms with Crippen molar-refractivity contribution >= 4 is 15.7 Å². The van der Waals surface area contributed by atoms with Crippen LogP contribution in [-0.2, 0) is 10.0 Å². The molecule has 0 radical (unpaired) electrons. The van der Waals surface area contributed by atoms with Gasteiger partial charge in [0.1, 0.15) is 4.90 Å². The molecule has 0 atom stereocenters. The molecule has 1 aromatic carbocycles. The van der Waals surface area contributed by atoms with Crippen LogP contribution in [0.15, 0.2) is 17.0 Å². The smallest absolute Gasteiger partial charge is 0.242 e. The maximum absolute atomic E-state index is 12.6. The van der Waals surface area contributed by atoms with E-state index in [0.29, 0.717) is 5.56 Å². The summed E-state index contributed by atoms with van der Waals surface area (Å²) in [6.45, 7) is 3.90. The van der Waals surface area contributed by atoms with E-state index in [4.69, 9.17) is 5.73 Å². The molecule has 1 aromatic rings. The Morgan fingerprint density at radius 1 is 1.29 bits per heavy atom. The third-order valence-corrected chi connectivity index (χ3v) is 6.22. The average molecular weight is 312 g/mol. The first-order valence-corrected chi connectivity index (χ1v) is 8.76. The lowest BCUT2D eigenvalue weighted by Crippen LogP contribution is -2.38. The summed E-state index contributed by atoms with van der Waals surface area (Å²) >= 11 is 0. The van der Waals surface area contributed by atoms with Crippen molar-refractivity contribution in [2.75, 3.05) is 18.9 Å². The molecule has 0 amide bonds. The predicted molar refractivity (Wildman–Crippen MR) is 83.5 cm³/mol. The lowest BCUT2D eigenvalue weighted by atomic mass is 9.88. The Hall–Kier alpha value is -1.11. The number of anilines is 1. The van der Waals surface area contributed by atoms with E-state index in [1.165, 1.54) is 0 Å². The Kier molecular flexibility index (Phi) is 4.60. The highest BCUT2D eigenvalue weighted by Gasteiger charge is 2.35. The van der Waals surface area contributed by atoms with E-state index in [1.54, 1.807) is 13.0 Å². The lowest BCUT2D eigenvalue weighted by Gasteiger charge is -2.27. The second-order valence-electron chi connectivity index (χ2n) is 6.12. The van der Waals surface area contributed by atoms with E-state index in [1.807, 2.05) is 13.0 Å². The van der Waals surface area contributed by atoms with E-state index in [2.05, 4.69) is 4.72 Å². The summed E-state index contributed by atoms with van der Waals surface area (Å²) in [5, 5.41) is 9.58. The van der Waals surface area contributed by atoms with Crippen LogP contribution in [0.3, 0.4) is 0 Å². The quantitative estimate of drug-likeness (QED) is 0.722. The van der Waals surface area contributed by atoms with Gasteiger partial charge in [0.25, 0.3) is 0 Å². The normalized spacial score (nSPS) is 18.0. The second-order valence-corrected chi connectivity index (χ2v) is 7.82. The fourth-order valence-corrected chi connectivity index (χ4v) is 4.59. The fourth-order valence-electron chi connectivity index (χ4n) is 3.00. The first-order chi connectivity index (χ1) is 9.81. The van der Waals surface area contributed by atoms with Crippen LogP contribution in [0.2, 0.25) is 0 Å². The highest BCUT2D eigenvalue weighted by molar-refractivity contribution is 7.89. The predicted octanol–water partition coefficient (Wildman–Crippen LogP) is 1.72. The second kappa shape index (κ2) is 5.94. The fraction of sp³-hybridized carbons (Fsp3) is 0.600. The number of hydrogen-bond donors (Lipinski definition) is 3. The van der Waals surface area contributed by atoms with Gasteiger partial charge in [-0.15, -0.1) is 0 Å². The van der Waals surface area contributed by atoms with Crippen molar-refractivity contribution in [3.8, 4) is 0 Å². The van der Waals surface area contributed by atoms with Crippen LogP contribution >= 0.6 is 0 Å². The molecule has 0 spiro atoms. The van der Waals surface area contributed by atoms with Gasteiger partial charge < -0.3 is 10.8 Å². The SMILES string of the molecule is Cc1ccc(N)c(S(=O)(=O)NCC2(CO)CCCC2)c1C. The van der Waals surface area contributed by atoms with Crippen molar-refractivity contribution in [1.29, 1.82) is 0 Å². The van der Waals surface area contributed by atoms with Gasteiger partial charge in [-0.25, -0.2) is 13.1 Å². The Morgan fingerprint density at radius 3 is 2.48 bits per heavy atom. The van der Waals surface area contributed by atoms with Gasteiger partial charge in [-0.05, 0) is 43.9 Å². The van der Waals surface area contributed by atoms with Crippen LogP contribution in [-0.4, -0.2) is 26.7 Å². The van der Waals surface area contributed by atoms with Crippen molar-refractivity contribution < 1.29 is 13.5 Å². The molecule has 1 fully saturated rings. The van der Waals surface area contributed by atoms with Crippen molar-refractivity contribution in [3.63, 3.8) is 0 Å². The van der Waals surface area contributed by atoms with Gasteiger partial charge in [-0.2, -0.15) is 0 Å². The van der Waals surface area contributed by atoms with Gasteiger partial charge in [0.05, 0.1) is 5.69 Å². The molecule has 118 valence electrons. The summed E-state index contributed by atoms with van der Waals surface area (Å²) in [5.41, 5.74) is 7.36. The molecule has 0 bridgehead atoms. The minimum absolute atomic E-state index is 0.0117. The van der Waals surface area contributed by atoms with Crippen LogP contribution in [0.4, 0.5) is 5.69 Å². The molecule has 1 aliphatic carbocycles. The van der Waals surface area contributed by atoms with Gasteiger partial charge in [0.15, 0.2) is 0 Å². The number of nitrogen functional groups attached to an aromatic ring is 1. The van der Waals surface area contributed by atoms with E-state index in [-0.39, 0.29) is 29.1 Å². The highest BCUT2D eigenvalue weighted by atomic mass is 32.2. The monoisotopic (exact) mass is 312 g/mol. The number of benzene rings is 1. The topological polar surface area (TPSA) is 92.4 Å². The highest BCUT2D eigenvalue weighted by Crippen LogP contribution is 2.37. The standard InChI is InChI=1S/C15H24N2O3S/c1-11-5-6-13(16)14(12(11)2)21(19,20)17-9-15(10-18)7-3-4-8-15/h5-6,17-18H,3-4,7-10,16H2,1-2H3. The maximum atomic E-state index is 12.6. The number of nitrogens with two attached hydrogens (primary N) is 1. The number of hydrogen-bond acceptors (Lipinski definition) is 4. The summed E-state index contributed by atoms with van der Waals surface area (Å²) in [7, 11) is -3.67. The molecule has 4 N–H and O–H groups in total. The first kappa shape index (κ1) is 16.3. The molecular weight excluding hydrogens is 288 g/mol. The van der Waals surface area contributed by atoms with Crippen LogP contribution in [0.5, 0.6) is 0 Å². The van der Waals surface area contributed by atoms with Crippen molar-refractivity contribution in [2.45, 2.75) is 44.4 Å². The van der Waals surface area contributed by atoms with Crippen LogP contribution in [0.1, 0.15) is 36.8 Å². The molecule has 0 unspecified atom stereocenters. The molecule has 1 aliphatic rings. The van der Waals surface area contributed by atoms with Gasteiger partial charge in [-0.1, -0.05) is 18.9 Å². The number of aliphatic hydroxyl groups is 1. The van der Waals surface area contributed by atoms with Crippen LogP contribution in [0.25, 0.3) is 0 Å². The zero-order valence-electron chi connectivity index (χ0n) is 12.6. The number of aryl methyl sites for hydroxylation is 1. The van der Waals surface area contributed by atoms with Crippen molar-refractivity contribution in [2.24, 2.45) is 5.41 Å². The zero-order valence-corrected chi connectivity index (χ0v) is 13.5. The summed E-state index contributed by atoms with van der Waals surface area (Å²) in [6, 6.07) is 3.43. The molecule has 21 heavy (non-hydrogen) atoms. The molecule has 2 rings (SSSR count). The van der Waals surface area contributed by atoms with Gasteiger partial charge in [0.2, 0.25) is 10.0 Å². The summed E-state index contributed by atoms with van der Waals surface area (Å²) < 4.78 is 27.8. The van der Waals surface area contributed by atoms with Gasteiger partial charge in [0, 0.05) is 18.6 Å². The minimum Gasteiger partial charge on any atom is -0.398 e. The number of rotatable bonds is 5. The van der Waals surface area contributed by atoms with E-state index in [9.17, 15) is 13.5 Å². The largest absolute Gasteiger partial charge is 0.398 e. The van der Waals surface area contributed by atoms with Crippen LogP contribution in [0, 0.1) is 19.3 Å². The van der Waals surface area contributed by atoms with E-state index >= 15 is 0 Å². The zero-order chi connectivity index (χ0) is 15.7. The third-order valence-electron chi connectivity index (χ3n) is 4.61. The molecule has 5 nitrogen and oxygen atoms in total.